The van der Waals surface area contributed by atoms with Crippen LogP contribution in [0.25, 0.3) is 0 Å². The monoisotopic (exact) mass is 263 g/mol. The fourth-order valence-electron chi connectivity index (χ4n) is 2.32. The second-order valence-electron chi connectivity index (χ2n) is 5.39. The molecule has 2 N–H and O–H groups in total. The molecular formula is C14H25N5. The van der Waals surface area contributed by atoms with Gasteiger partial charge in [-0.3, -0.25) is 0 Å². The van der Waals surface area contributed by atoms with Gasteiger partial charge in [0.25, 0.3) is 0 Å². The Morgan fingerprint density at radius 1 is 1.26 bits per heavy atom. The zero-order chi connectivity index (χ0) is 13.8. The molecule has 1 aromatic rings. The highest BCUT2D eigenvalue weighted by molar-refractivity contribution is 5.51. The third-order valence-corrected chi connectivity index (χ3v) is 3.88. The Bertz CT molecular complexity index is 416. The van der Waals surface area contributed by atoms with Gasteiger partial charge in [-0.1, -0.05) is 0 Å². The van der Waals surface area contributed by atoms with Gasteiger partial charge in [-0.15, -0.1) is 0 Å². The van der Waals surface area contributed by atoms with Gasteiger partial charge in [0.05, 0.1) is 0 Å². The van der Waals surface area contributed by atoms with Crippen molar-refractivity contribution in [1.29, 1.82) is 0 Å². The number of nitrogens with two attached hydrogens (primary N) is 1. The van der Waals surface area contributed by atoms with Crippen molar-refractivity contribution in [3.05, 3.63) is 11.9 Å². The second-order valence-corrected chi connectivity index (χ2v) is 5.39. The fraction of sp³-hybridized carbons (Fsp3) is 0.714. The zero-order valence-corrected chi connectivity index (χ0v) is 12.3. The van der Waals surface area contributed by atoms with Gasteiger partial charge < -0.3 is 15.5 Å². The Labute approximate surface area is 115 Å². The van der Waals surface area contributed by atoms with Crippen molar-refractivity contribution >= 4 is 11.6 Å². The summed E-state index contributed by atoms with van der Waals surface area (Å²) in [4.78, 5) is 13.5. The quantitative estimate of drug-likeness (QED) is 0.844. The van der Waals surface area contributed by atoms with Crippen molar-refractivity contribution in [2.24, 2.45) is 5.73 Å². The molecule has 1 aromatic heterocycles. The van der Waals surface area contributed by atoms with Crippen LogP contribution < -0.4 is 15.5 Å². The van der Waals surface area contributed by atoms with Crippen molar-refractivity contribution in [2.75, 3.05) is 37.0 Å². The summed E-state index contributed by atoms with van der Waals surface area (Å²) in [6.45, 7) is 3.60. The Morgan fingerprint density at radius 3 is 2.53 bits per heavy atom. The Kier molecular flexibility index (Phi) is 4.58. The summed E-state index contributed by atoms with van der Waals surface area (Å²) in [5.74, 6) is 2.85. The van der Waals surface area contributed by atoms with Crippen LogP contribution in [-0.2, 0) is 0 Å². The number of rotatable bonds is 6. The van der Waals surface area contributed by atoms with Crippen LogP contribution in [0.1, 0.15) is 31.5 Å². The van der Waals surface area contributed by atoms with Gasteiger partial charge in [-0.2, -0.15) is 0 Å². The molecule has 0 atom stereocenters. The van der Waals surface area contributed by atoms with E-state index in [-0.39, 0.29) is 0 Å². The lowest BCUT2D eigenvalue weighted by molar-refractivity contribution is 0.399. The molecule has 0 unspecified atom stereocenters. The highest BCUT2D eigenvalue weighted by Crippen LogP contribution is 2.28. The molecule has 1 saturated carbocycles. The van der Waals surface area contributed by atoms with E-state index < -0.39 is 0 Å². The first-order chi connectivity index (χ1) is 9.11. The number of aryl methyl sites for hydroxylation is 1. The van der Waals surface area contributed by atoms with E-state index >= 15 is 0 Å². The van der Waals surface area contributed by atoms with Crippen LogP contribution in [0.4, 0.5) is 11.6 Å². The molecule has 19 heavy (non-hydrogen) atoms. The molecule has 0 spiro atoms. The fourth-order valence-corrected chi connectivity index (χ4v) is 2.32. The molecule has 1 fully saturated rings. The van der Waals surface area contributed by atoms with Crippen molar-refractivity contribution in [3.8, 4) is 0 Å². The molecule has 1 aliphatic rings. The van der Waals surface area contributed by atoms with E-state index in [9.17, 15) is 0 Å². The maximum Gasteiger partial charge on any atom is 0.134 e. The van der Waals surface area contributed by atoms with Crippen LogP contribution in [0.5, 0.6) is 0 Å². The summed E-state index contributed by atoms with van der Waals surface area (Å²) >= 11 is 0. The molecule has 106 valence electrons. The standard InChI is InChI=1S/C14H25N5/c1-11-16-13(18(2)9-5-8-15)10-14(17-11)19(3)12-6-4-7-12/h10,12H,4-9,15H2,1-3H3. The number of hydrogen-bond acceptors (Lipinski definition) is 5. The van der Waals surface area contributed by atoms with Gasteiger partial charge in [0.1, 0.15) is 17.5 Å². The highest BCUT2D eigenvalue weighted by Gasteiger charge is 2.23. The van der Waals surface area contributed by atoms with Crippen LogP contribution in [-0.4, -0.2) is 43.2 Å². The predicted octanol–water partition coefficient (Wildman–Crippen LogP) is 1.56. The maximum absolute atomic E-state index is 5.56. The minimum atomic E-state index is 0.650. The lowest BCUT2D eigenvalue weighted by atomic mass is 9.92. The molecular weight excluding hydrogens is 238 g/mol. The number of nitrogens with zero attached hydrogens (tertiary/aromatic N) is 4. The normalized spacial score (nSPS) is 15.2. The van der Waals surface area contributed by atoms with Gasteiger partial charge in [-0.05, 0) is 39.2 Å². The predicted molar refractivity (Wildman–Crippen MR) is 79.8 cm³/mol. The SMILES string of the molecule is Cc1nc(N(C)CCCN)cc(N(C)C2CCC2)n1. The van der Waals surface area contributed by atoms with Gasteiger partial charge >= 0.3 is 0 Å². The number of aromatic nitrogens is 2. The molecule has 0 bridgehead atoms. The summed E-state index contributed by atoms with van der Waals surface area (Å²) in [6.07, 6.45) is 4.87. The molecule has 1 aliphatic carbocycles. The van der Waals surface area contributed by atoms with Crippen molar-refractivity contribution in [1.82, 2.24) is 9.97 Å². The molecule has 0 amide bonds. The van der Waals surface area contributed by atoms with Gasteiger partial charge in [0.15, 0.2) is 0 Å². The smallest absolute Gasteiger partial charge is 0.134 e. The van der Waals surface area contributed by atoms with Crippen molar-refractivity contribution in [2.45, 2.75) is 38.6 Å². The van der Waals surface area contributed by atoms with E-state index in [0.717, 1.165) is 30.4 Å². The number of anilines is 2. The lowest BCUT2D eigenvalue weighted by Crippen LogP contribution is -2.38. The second kappa shape index (κ2) is 6.19. The molecule has 0 saturated heterocycles. The Hall–Kier alpha value is -1.36. The zero-order valence-electron chi connectivity index (χ0n) is 12.3. The molecule has 5 nitrogen and oxygen atoms in total. The van der Waals surface area contributed by atoms with Gasteiger partial charge in [0, 0.05) is 32.7 Å². The first-order valence-electron chi connectivity index (χ1n) is 7.11. The number of hydrogen-bond donors (Lipinski definition) is 1. The Balaban J connectivity index is 2.13. The molecule has 0 aliphatic heterocycles. The van der Waals surface area contributed by atoms with Crippen LogP contribution in [0.2, 0.25) is 0 Å². The third kappa shape index (κ3) is 3.35. The van der Waals surface area contributed by atoms with Gasteiger partial charge in [0.2, 0.25) is 0 Å². The van der Waals surface area contributed by atoms with E-state index in [2.05, 4.69) is 39.9 Å². The minimum Gasteiger partial charge on any atom is -0.359 e. The largest absolute Gasteiger partial charge is 0.359 e. The summed E-state index contributed by atoms with van der Waals surface area (Å²) < 4.78 is 0. The first-order valence-corrected chi connectivity index (χ1v) is 7.11. The van der Waals surface area contributed by atoms with Crippen LogP contribution in [0.3, 0.4) is 0 Å². The van der Waals surface area contributed by atoms with Crippen LogP contribution >= 0.6 is 0 Å². The summed E-state index contributed by atoms with van der Waals surface area (Å²) in [5, 5.41) is 0. The highest BCUT2D eigenvalue weighted by atomic mass is 15.2. The minimum absolute atomic E-state index is 0.650. The van der Waals surface area contributed by atoms with E-state index in [1.807, 2.05) is 6.92 Å². The maximum atomic E-state index is 5.56. The molecule has 2 rings (SSSR count). The van der Waals surface area contributed by atoms with Gasteiger partial charge in [-0.25, -0.2) is 9.97 Å². The molecule has 0 aromatic carbocycles. The van der Waals surface area contributed by atoms with E-state index in [4.69, 9.17) is 5.73 Å². The topological polar surface area (TPSA) is 58.3 Å². The summed E-state index contributed by atoms with van der Waals surface area (Å²) in [6, 6.07) is 2.73. The van der Waals surface area contributed by atoms with Crippen molar-refractivity contribution in [3.63, 3.8) is 0 Å². The molecule has 1 heterocycles. The molecule has 5 heteroatoms. The van der Waals surface area contributed by atoms with Crippen molar-refractivity contribution < 1.29 is 0 Å². The van der Waals surface area contributed by atoms with Crippen LogP contribution in [0, 0.1) is 6.92 Å². The van der Waals surface area contributed by atoms with E-state index in [1.165, 1.54) is 19.3 Å². The van der Waals surface area contributed by atoms with Crippen LogP contribution in [0.15, 0.2) is 6.07 Å². The summed E-state index contributed by atoms with van der Waals surface area (Å²) in [5.41, 5.74) is 5.56. The third-order valence-electron chi connectivity index (χ3n) is 3.88. The summed E-state index contributed by atoms with van der Waals surface area (Å²) in [7, 11) is 4.19. The molecule has 0 radical (unpaired) electrons. The Morgan fingerprint density at radius 2 is 1.95 bits per heavy atom. The average Bonchev–Trinajstić information content (AvgIpc) is 2.33. The van der Waals surface area contributed by atoms with E-state index in [0.29, 0.717) is 12.6 Å². The first kappa shape index (κ1) is 14.1. The van der Waals surface area contributed by atoms with E-state index in [1.54, 1.807) is 0 Å². The average molecular weight is 263 g/mol. The lowest BCUT2D eigenvalue weighted by Gasteiger charge is -2.36.